The van der Waals surface area contributed by atoms with Crippen LogP contribution in [-0.2, 0) is 10.5 Å². The molecular formula is C11H13N5OS2. The summed E-state index contributed by atoms with van der Waals surface area (Å²) >= 11 is 2.80. The number of hydrogen-bond acceptors (Lipinski definition) is 6. The molecule has 8 heteroatoms. The highest BCUT2D eigenvalue weighted by molar-refractivity contribution is 7.99. The van der Waals surface area contributed by atoms with Crippen molar-refractivity contribution < 1.29 is 4.79 Å². The minimum Gasteiger partial charge on any atom is -0.369 e. The molecule has 6 nitrogen and oxygen atoms in total. The molecule has 0 unspecified atom stereocenters. The number of hydrogen-bond donors (Lipinski definition) is 2. The number of nitrogens with zero attached hydrogens (tertiary/aromatic N) is 3. The zero-order valence-electron chi connectivity index (χ0n) is 10.0. The Hall–Kier alpha value is -1.67. The number of benzene rings is 1. The molecule has 0 aliphatic rings. The summed E-state index contributed by atoms with van der Waals surface area (Å²) in [6.45, 7) is 0. The average molecular weight is 295 g/mol. The molecule has 0 aliphatic heterocycles. The van der Waals surface area contributed by atoms with E-state index in [1.165, 1.54) is 16.4 Å². The molecule has 1 heterocycles. The van der Waals surface area contributed by atoms with E-state index >= 15 is 0 Å². The molecule has 19 heavy (non-hydrogen) atoms. The van der Waals surface area contributed by atoms with Gasteiger partial charge in [-0.25, -0.2) is 4.68 Å². The lowest BCUT2D eigenvalue weighted by Gasteiger charge is -2.03. The second-order valence-electron chi connectivity index (χ2n) is 3.63. The molecule has 0 aliphatic carbocycles. The molecule has 2 aromatic rings. The van der Waals surface area contributed by atoms with Crippen LogP contribution in [0, 0.1) is 0 Å². The summed E-state index contributed by atoms with van der Waals surface area (Å²) < 4.78 is 1.39. The molecule has 0 radical (unpaired) electrons. The Morgan fingerprint density at radius 1 is 1.21 bits per heavy atom. The Morgan fingerprint density at radius 3 is 2.63 bits per heavy atom. The Labute approximate surface area is 118 Å². The van der Waals surface area contributed by atoms with E-state index < -0.39 is 5.91 Å². The Balaban J connectivity index is 1.96. The van der Waals surface area contributed by atoms with Crippen LogP contribution >= 0.6 is 23.5 Å². The molecule has 2 rings (SSSR count). The van der Waals surface area contributed by atoms with Gasteiger partial charge in [0, 0.05) is 4.90 Å². The van der Waals surface area contributed by atoms with Crippen molar-refractivity contribution in [1.29, 1.82) is 0 Å². The van der Waals surface area contributed by atoms with Gasteiger partial charge in [0.2, 0.25) is 11.1 Å². The predicted octanol–water partition coefficient (Wildman–Crippen LogP) is 0.862. The van der Waals surface area contributed by atoms with Crippen LogP contribution in [0.4, 0.5) is 0 Å². The molecule has 0 bridgehead atoms. The summed E-state index contributed by atoms with van der Waals surface area (Å²) in [5.74, 6) is 6.86. The quantitative estimate of drug-likeness (QED) is 0.605. The van der Waals surface area contributed by atoms with Crippen molar-refractivity contribution in [3.05, 3.63) is 36.2 Å². The maximum absolute atomic E-state index is 10.7. The minimum absolute atomic E-state index is 0.140. The molecule has 1 aromatic carbocycles. The molecule has 1 aromatic heterocycles. The number of carbonyl (C=O) groups excluding carboxylic acids is 1. The van der Waals surface area contributed by atoms with Gasteiger partial charge in [0.15, 0.2) is 5.82 Å². The third kappa shape index (κ3) is 3.90. The van der Waals surface area contributed by atoms with Crippen molar-refractivity contribution in [3.8, 4) is 0 Å². The van der Waals surface area contributed by atoms with Gasteiger partial charge in [0.05, 0.1) is 11.5 Å². The normalized spacial score (nSPS) is 10.5. The molecule has 0 saturated carbocycles. The Kier molecular flexibility index (Phi) is 4.69. The Morgan fingerprint density at radius 2 is 1.95 bits per heavy atom. The first-order valence-corrected chi connectivity index (χ1v) is 7.42. The number of amides is 1. The zero-order valence-corrected chi connectivity index (χ0v) is 11.7. The fourth-order valence-corrected chi connectivity index (χ4v) is 2.76. The highest BCUT2D eigenvalue weighted by Gasteiger charge is 2.11. The van der Waals surface area contributed by atoms with Crippen LogP contribution in [0.15, 0.2) is 40.4 Å². The molecule has 0 fully saturated rings. The van der Waals surface area contributed by atoms with Crippen molar-refractivity contribution in [2.24, 2.45) is 5.73 Å². The van der Waals surface area contributed by atoms with E-state index in [1.807, 2.05) is 30.3 Å². The third-order valence-electron chi connectivity index (χ3n) is 2.19. The second-order valence-corrected chi connectivity index (χ2v) is 5.62. The van der Waals surface area contributed by atoms with Gasteiger partial charge in [-0.3, -0.25) is 4.79 Å². The fourth-order valence-electron chi connectivity index (χ4n) is 1.30. The molecular weight excluding hydrogens is 282 g/mol. The highest BCUT2D eigenvalue weighted by Crippen LogP contribution is 2.22. The third-order valence-corrected chi connectivity index (χ3v) is 4.16. The van der Waals surface area contributed by atoms with E-state index in [9.17, 15) is 4.79 Å². The van der Waals surface area contributed by atoms with Gasteiger partial charge in [-0.15, -0.1) is 22.0 Å². The lowest BCUT2D eigenvalue weighted by atomic mass is 10.4. The Bertz CT molecular complexity index is 557. The fraction of sp³-hybridized carbons (Fsp3) is 0.182. The lowest BCUT2D eigenvalue weighted by Crippen LogP contribution is -2.16. The maximum atomic E-state index is 10.7. The maximum Gasteiger partial charge on any atom is 0.227 e. The number of nitrogens with two attached hydrogens (primary N) is 2. The minimum atomic E-state index is -0.409. The molecule has 0 atom stereocenters. The summed E-state index contributed by atoms with van der Waals surface area (Å²) in [7, 11) is 0. The van der Waals surface area contributed by atoms with Crippen molar-refractivity contribution in [2.45, 2.75) is 15.8 Å². The van der Waals surface area contributed by atoms with Crippen molar-refractivity contribution >= 4 is 29.4 Å². The number of rotatable bonds is 6. The smallest absolute Gasteiger partial charge is 0.227 e. The van der Waals surface area contributed by atoms with Gasteiger partial charge in [-0.05, 0) is 12.1 Å². The number of carbonyl (C=O) groups is 1. The largest absolute Gasteiger partial charge is 0.369 e. The summed E-state index contributed by atoms with van der Waals surface area (Å²) in [6.07, 6.45) is 0. The van der Waals surface area contributed by atoms with Crippen LogP contribution in [0.3, 0.4) is 0 Å². The molecule has 0 saturated heterocycles. The number of thioether (sulfide) groups is 2. The van der Waals surface area contributed by atoms with E-state index in [0.717, 1.165) is 4.90 Å². The van der Waals surface area contributed by atoms with Gasteiger partial charge >= 0.3 is 0 Å². The first-order chi connectivity index (χ1) is 9.16. The summed E-state index contributed by atoms with van der Waals surface area (Å²) in [5.41, 5.74) is 5.07. The monoisotopic (exact) mass is 295 g/mol. The van der Waals surface area contributed by atoms with E-state index in [4.69, 9.17) is 11.6 Å². The lowest BCUT2D eigenvalue weighted by molar-refractivity contribution is -0.115. The molecule has 100 valence electrons. The zero-order chi connectivity index (χ0) is 13.7. The van der Waals surface area contributed by atoms with E-state index in [0.29, 0.717) is 16.7 Å². The number of aromatic nitrogens is 3. The van der Waals surface area contributed by atoms with E-state index in [-0.39, 0.29) is 5.75 Å². The summed E-state index contributed by atoms with van der Waals surface area (Å²) in [4.78, 5) is 11.8. The van der Waals surface area contributed by atoms with Crippen LogP contribution in [0.2, 0.25) is 0 Å². The van der Waals surface area contributed by atoms with Gasteiger partial charge in [-0.1, -0.05) is 30.0 Å². The first-order valence-electron chi connectivity index (χ1n) is 5.45. The SMILES string of the molecule is NC(=O)CSc1nnc(CSc2ccccc2)n1N. The molecule has 4 N–H and O–H groups in total. The summed E-state index contributed by atoms with van der Waals surface area (Å²) in [6, 6.07) is 9.96. The molecule has 1 amide bonds. The van der Waals surface area contributed by atoms with Gasteiger partial charge in [0.1, 0.15) is 0 Å². The first kappa shape index (κ1) is 13.8. The average Bonchev–Trinajstić information content (AvgIpc) is 2.76. The van der Waals surface area contributed by atoms with Crippen LogP contribution < -0.4 is 11.6 Å². The standard InChI is InChI=1S/C11H13N5OS2/c12-9(17)6-19-11-15-14-10(16(11)13)7-18-8-4-2-1-3-5-8/h1-5H,6-7,13H2,(H2,12,17). The number of nitrogen functional groups attached to an aromatic ring is 1. The van der Waals surface area contributed by atoms with Crippen molar-refractivity contribution in [1.82, 2.24) is 14.9 Å². The predicted molar refractivity (Wildman–Crippen MR) is 76.1 cm³/mol. The van der Waals surface area contributed by atoms with E-state index in [1.54, 1.807) is 11.8 Å². The van der Waals surface area contributed by atoms with Crippen LogP contribution in [0.5, 0.6) is 0 Å². The second kappa shape index (κ2) is 6.48. The van der Waals surface area contributed by atoms with Gasteiger partial charge in [-0.2, -0.15) is 0 Å². The highest BCUT2D eigenvalue weighted by atomic mass is 32.2. The topological polar surface area (TPSA) is 99.8 Å². The molecule has 0 spiro atoms. The van der Waals surface area contributed by atoms with Crippen LogP contribution in [0.25, 0.3) is 0 Å². The van der Waals surface area contributed by atoms with Gasteiger partial charge in [0.25, 0.3) is 0 Å². The van der Waals surface area contributed by atoms with Crippen molar-refractivity contribution in [3.63, 3.8) is 0 Å². The van der Waals surface area contributed by atoms with Crippen LogP contribution in [-0.4, -0.2) is 26.5 Å². The van der Waals surface area contributed by atoms with Crippen LogP contribution in [0.1, 0.15) is 5.82 Å². The summed E-state index contributed by atoms with van der Waals surface area (Å²) in [5, 5.41) is 8.42. The van der Waals surface area contributed by atoms with Gasteiger partial charge < -0.3 is 11.6 Å². The van der Waals surface area contributed by atoms with E-state index in [2.05, 4.69) is 10.2 Å². The number of primary amides is 1. The van der Waals surface area contributed by atoms with Crippen molar-refractivity contribution in [2.75, 3.05) is 11.6 Å².